The quantitative estimate of drug-likeness (QED) is 0.755. The number of aromatic nitrogens is 1. The number of likely N-dealkylation sites (tertiary alicyclic amines) is 2. The van der Waals surface area contributed by atoms with Crippen LogP contribution in [0, 0.1) is 0 Å². The Labute approximate surface area is 183 Å². The number of primary sulfonamides is 1. The highest BCUT2D eigenvalue weighted by Gasteiger charge is 2.30. The number of amides is 1. The van der Waals surface area contributed by atoms with Gasteiger partial charge in [0.2, 0.25) is 10.0 Å². The van der Waals surface area contributed by atoms with Crippen LogP contribution in [0.4, 0.5) is 0 Å². The molecule has 0 unspecified atom stereocenters. The molecule has 2 fully saturated rings. The van der Waals surface area contributed by atoms with Gasteiger partial charge in [0.25, 0.3) is 5.91 Å². The van der Waals surface area contributed by atoms with Crippen molar-refractivity contribution in [3.63, 3.8) is 0 Å². The number of sulfonamides is 1. The van der Waals surface area contributed by atoms with E-state index in [1.165, 1.54) is 24.3 Å². The van der Waals surface area contributed by atoms with Gasteiger partial charge < -0.3 is 9.64 Å². The predicted octanol–water partition coefficient (Wildman–Crippen LogP) is 1.88. The molecule has 8 nitrogen and oxygen atoms in total. The van der Waals surface area contributed by atoms with E-state index in [0.717, 1.165) is 44.5 Å². The molecule has 2 aromatic rings. The lowest BCUT2D eigenvalue weighted by molar-refractivity contribution is 0.0425. The van der Waals surface area contributed by atoms with Gasteiger partial charge in [0.1, 0.15) is 11.9 Å². The topological polar surface area (TPSA) is 106 Å². The number of hydrogen-bond donors (Lipinski definition) is 1. The molecule has 2 saturated heterocycles. The van der Waals surface area contributed by atoms with Crippen molar-refractivity contribution in [2.75, 3.05) is 26.2 Å². The van der Waals surface area contributed by atoms with Gasteiger partial charge in [-0.2, -0.15) is 0 Å². The van der Waals surface area contributed by atoms with Gasteiger partial charge in [0.15, 0.2) is 0 Å². The van der Waals surface area contributed by atoms with E-state index in [1.54, 1.807) is 12.4 Å². The fraction of sp³-hybridized carbons (Fsp3) is 0.455. The van der Waals surface area contributed by atoms with Crippen LogP contribution in [-0.2, 0) is 10.0 Å². The summed E-state index contributed by atoms with van der Waals surface area (Å²) in [6.45, 7) is 3.41. The average molecular weight is 445 g/mol. The van der Waals surface area contributed by atoms with E-state index < -0.39 is 10.0 Å². The van der Waals surface area contributed by atoms with Crippen molar-refractivity contribution >= 4 is 15.9 Å². The maximum atomic E-state index is 12.8. The Balaban J connectivity index is 1.25. The number of ether oxygens (including phenoxy) is 1. The third-order valence-corrected chi connectivity index (χ3v) is 7.06. The van der Waals surface area contributed by atoms with Crippen molar-refractivity contribution in [3.05, 3.63) is 54.4 Å². The molecule has 0 radical (unpaired) electrons. The van der Waals surface area contributed by atoms with E-state index in [1.807, 2.05) is 17.0 Å². The summed E-state index contributed by atoms with van der Waals surface area (Å²) >= 11 is 0. The second kappa shape index (κ2) is 9.33. The lowest BCUT2D eigenvalue weighted by Crippen LogP contribution is -2.50. The molecule has 31 heavy (non-hydrogen) atoms. The van der Waals surface area contributed by atoms with Crippen LogP contribution in [-0.4, -0.2) is 67.4 Å². The maximum absolute atomic E-state index is 12.8. The summed E-state index contributed by atoms with van der Waals surface area (Å²) in [5.74, 6) is 0.807. The van der Waals surface area contributed by atoms with Crippen LogP contribution in [0.3, 0.4) is 0 Å². The van der Waals surface area contributed by atoms with Crippen molar-refractivity contribution in [2.45, 2.75) is 42.7 Å². The standard InChI is InChI=1S/C22H28N4O4S/c23-31(28,29)21-3-1-17(2-4-21)22(27)26-13-7-18(8-14-26)25-15-9-20(10-16-25)30-19-5-11-24-12-6-19/h1-6,11-12,18,20H,7-10,13-16H2,(H2,23,28,29). The molecule has 2 aliphatic heterocycles. The molecule has 4 rings (SSSR count). The summed E-state index contributed by atoms with van der Waals surface area (Å²) < 4.78 is 28.8. The fourth-order valence-electron chi connectivity index (χ4n) is 4.37. The molecular weight excluding hydrogens is 416 g/mol. The summed E-state index contributed by atoms with van der Waals surface area (Å²) in [6, 6.07) is 10.1. The molecular formula is C22H28N4O4S. The zero-order chi connectivity index (χ0) is 21.8. The third-order valence-electron chi connectivity index (χ3n) is 6.13. The largest absolute Gasteiger partial charge is 0.490 e. The Hall–Kier alpha value is -2.49. The molecule has 2 N–H and O–H groups in total. The second-order valence-corrected chi connectivity index (χ2v) is 9.69. The van der Waals surface area contributed by atoms with Gasteiger partial charge in [-0.25, -0.2) is 13.6 Å². The van der Waals surface area contributed by atoms with Crippen LogP contribution in [0.2, 0.25) is 0 Å². The Morgan fingerprint density at radius 3 is 2.13 bits per heavy atom. The van der Waals surface area contributed by atoms with E-state index in [0.29, 0.717) is 24.7 Å². The number of benzene rings is 1. The van der Waals surface area contributed by atoms with Crippen molar-refractivity contribution in [3.8, 4) is 5.75 Å². The molecule has 2 aliphatic rings. The number of hydrogen-bond acceptors (Lipinski definition) is 6. The lowest BCUT2D eigenvalue weighted by atomic mass is 9.98. The number of pyridine rings is 1. The van der Waals surface area contributed by atoms with E-state index in [9.17, 15) is 13.2 Å². The van der Waals surface area contributed by atoms with E-state index in [-0.39, 0.29) is 16.9 Å². The molecule has 0 aliphatic carbocycles. The molecule has 1 aromatic carbocycles. The Kier molecular flexibility index (Phi) is 6.54. The minimum absolute atomic E-state index is 0.0130. The number of carbonyl (C=O) groups excluding carboxylic acids is 1. The SMILES string of the molecule is NS(=O)(=O)c1ccc(C(=O)N2CCC(N3CCC(Oc4ccncc4)CC3)CC2)cc1. The minimum Gasteiger partial charge on any atom is -0.490 e. The second-order valence-electron chi connectivity index (χ2n) is 8.13. The maximum Gasteiger partial charge on any atom is 0.253 e. The molecule has 0 spiro atoms. The first-order valence-corrected chi connectivity index (χ1v) is 12.2. The van der Waals surface area contributed by atoms with Crippen LogP contribution in [0.5, 0.6) is 5.75 Å². The molecule has 0 atom stereocenters. The third kappa shape index (κ3) is 5.41. The van der Waals surface area contributed by atoms with E-state index in [4.69, 9.17) is 9.88 Å². The van der Waals surface area contributed by atoms with Crippen molar-refractivity contribution in [1.82, 2.24) is 14.8 Å². The average Bonchev–Trinajstić information content (AvgIpc) is 2.79. The first-order chi connectivity index (χ1) is 14.9. The smallest absolute Gasteiger partial charge is 0.253 e. The Morgan fingerprint density at radius 2 is 1.55 bits per heavy atom. The first-order valence-electron chi connectivity index (χ1n) is 10.6. The molecule has 166 valence electrons. The molecule has 0 saturated carbocycles. The highest BCUT2D eigenvalue weighted by Crippen LogP contribution is 2.24. The Morgan fingerprint density at radius 1 is 0.935 bits per heavy atom. The lowest BCUT2D eigenvalue weighted by Gasteiger charge is -2.41. The highest BCUT2D eigenvalue weighted by atomic mass is 32.2. The summed E-state index contributed by atoms with van der Waals surface area (Å²) in [5, 5.41) is 5.12. The van der Waals surface area contributed by atoms with Crippen LogP contribution in [0.1, 0.15) is 36.0 Å². The van der Waals surface area contributed by atoms with Gasteiger partial charge in [-0.3, -0.25) is 14.7 Å². The molecule has 1 aromatic heterocycles. The molecule has 0 bridgehead atoms. The number of piperidine rings is 2. The zero-order valence-corrected chi connectivity index (χ0v) is 18.2. The van der Waals surface area contributed by atoms with Gasteiger partial charge >= 0.3 is 0 Å². The Bertz CT molecular complexity index is 982. The van der Waals surface area contributed by atoms with Crippen molar-refractivity contribution < 1.29 is 17.9 Å². The summed E-state index contributed by atoms with van der Waals surface area (Å²) in [6.07, 6.45) is 7.60. The summed E-state index contributed by atoms with van der Waals surface area (Å²) in [4.78, 5) is 21.2. The number of carbonyl (C=O) groups is 1. The number of rotatable bonds is 5. The molecule has 9 heteroatoms. The molecule has 3 heterocycles. The van der Waals surface area contributed by atoms with Crippen molar-refractivity contribution in [1.29, 1.82) is 0 Å². The molecule has 1 amide bonds. The fourth-order valence-corrected chi connectivity index (χ4v) is 4.89. The highest BCUT2D eigenvalue weighted by molar-refractivity contribution is 7.89. The summed E-state index contributed by atoms with van der Waals surface area (Å²) in [7, 11) is -3.75. The normalized spacial score (nSPS) is 19.3. The van der Waals surface area contributed by atoms with E-state index >= 15 is 0 Å². The van der Waals surface area contributed by atoms with Gasteiger partial charge in [-0.15, -0.1) is 0 Å². The van der Waals surface area contributed by atoms with Gasteiger partial charge in [0, 0.05) is 50.2 Å². The predicted molar refractivity (Wildman–Crippen MR) is 116 cm³/mol. The van der Waals surface area contributed by atoms with Gasteiger partial charge in [0.05, 0.1) is 4.90 Å². The number of nitrogens with zero attached hydrogens (tertiary/aromatic N) is 3. The van der Waals surface area contributed by atoms with Crippen molar-refractivity contribution in [2.24, 2.45) is 5.14 Å². The van der Waals surface area contributed by atoms with Crippen LogP contribution >= 0.6 is 0 Å². The van der Waals surface area contributed by atoms with Crippen LogP contribution in [0.25, 0.3) is 0 Å². The zero-order valence-electron chi connectivity index (χ0n) is 17.4. The van der Waals surface area contributed by atoms with Crippen LogP contribution in [0.15, 0.2) is 53.7 Å². The van der Waals surface area contributed by atoms with Gasteiger partial charge in [-0.05, 0) is 62.1 Å². The minimum atomic E-state index is -3.75. The van der Waals surface area contributed by atoms with Gasteiger partial charge in [-0.1, -0.05) is 0 Å². The first kappa shape index (κ1) is 21.7. The van der Waals surface area contributed by atoms with E-state index in [2.05, 4.69) is 9.88 Å². The summed E-state index contributed by atoms with van der Waals surface area (Å²) in [5.41, 5.74) is 0.486. The number of nitrogens with two attached hydrogens (primary N) is 1. The monoisotopic (exact) mass is 444 g/mol. The van der Waals surface area contributed by atoms with Crippen LogP contribution < -0.4 is 9.88 Å².